The van der Waals surface area contributed by atoms with Crippen LogP contribution in [-0.2, 0) is 11.3 Å². The molecule has 1 aromatic rings. The number of anilines is 1. The minimum atomic E-state index is -4.29. The summed E-state index contributed by atoms with van der Waals surface area (Å²) in [5, 5.41) is 0. The minimum absolute atomic E-state index is 0.0807. The third kappa shape index (κ3) is 4.43. The Morgan fingerprint density at radius 1 is 1.35 bits per heavy atom. The molecular weight excluding hydrogens is 269 g/mol. The average molecular weight is 286 g/mol. The summed E-state index contributed by atoms with van der Waals surface area (Å²) in [6, 6.07) is 7.15. The van der Waals surface area contributed by atoms with E-state index < -0.39 is 24.9 Å². The van der Waals surface area contributed by atoms with Crippen LogP contribution in [0.25, 0.3) is 0 Å². The van der Waals surface area contributed by atoms with Crippen molar-refractivity contribution in [3.63, 3.8) is 0 Å². The standard InChI is InChI=1S/C14H17F3N2O/c15-14(16,17)7-6-13(20)19(12-4-5-12)9-10-2-1-3-11(18)8-10/h1-3,8,12H,4-7,9,18H2. The molecule has 3 nitrogen and oxygen atoms in total. The third-order valence-electron chi connectivity index (χ3n) is 3.23. The van der Waals surface area contributed by atoms with Gasteiger partial charge in [0.2, 0.25) is 5.91 Å². The van der Waals surface area contributed by atoms with Crippen molar-refractivity contribution in [3.8, 4) is 0 Å². The van der Waals surface area contributed by atoms with Crippen molar-refractivity contribution in [2.75, 3.05) is 5.73 Å². The molecule has 6 heteroatoms. The first-order valence-corrected chi connectivity index (χ1v) is 6.56. The van der Waals surface area contributed by atoms with Gasteiger partial charge in [-0.3, -0.25) is 4.79 Å². The van der Waals surface area contributed by atoms with Gasteiger partial charge in [0.15, 0.2) is 0 Å². The number of alkyl halides is 3. The fraction of sp³-hybridized carbons (Fsp3) is 0.500. The Hall–Kier alpha value is -1.72. The Kier molecular flexibility index (Phi) is 4.20. The van der Waals surface area contributed by atoms with Crippen LogP contribution in [0.3, 0.4) is 0 Å². The predicted octanol–water partition coefficient (Wildman–Crippen LogP) is 3.10. The number of hydrogen-bond acceptors (Lipinski definition) is 2. The number of amides is 1. The summed E-state index contributed by atoms with van der Waals surface area (Å²) >= 11 is 0. The van der Waals surface area contributed by atoms with Crippen LogP contribution in [0.2, 0.25) is 0 Å². The van der Waals surface area contributed by atoms with Crippen molar-refractivity contribution in [2.45, 2.75) is 44.4 Å². The van der Waals surface area contributed by atoms with Gasteiger partial charge in [0.25, 0.3) is 0 Å². The second-order valence-electron chi connectivity index (χ2n) is 5.11. The van der Waals surface area contributed by atoms with E-state index in [0.717, 1.165) is 18.4 Å². The maximum atomic E-state index is 12.2. The quantitative estimate of drug-likeness (QED) is 0.845. The summed E-state index contributed by atoms with van der Waals surface area (Å²) in [6.07, 6.45) is -4.11. The maximum absolute atomic E-state index is 12.2. The molecule has 0 atom stereocenters. The maximum Gasteiger partial charge on any atom is 0.389 e. The van der Waals surface area contributed by atoms with Crippen molar-refractivity contribution < 1.29 is 18.0 Å². The van der Waals surface area contributed by atoms with Gasteiger partial charge in [0.1, 0.15) is 0 Å². The molecule has 0 heterocycles. The average Bonchev–Trinajstić information content (AvgIpc) is 3.16. The van der Waals surface area contributed by atoms with Crippen molar-refractivity contribution in [3.05, 3.63) is 29.8 Å². The molecule has 0 spiro atoms. The number of benzene rings is 1. The number of carbonyl (C=O) groups is 1. The molecule has 1 saturated carbocycles. The van der Waals surface area contributed by atoms with Crippen molar-refractivity contribution in [2.24, 2.45) is 0 Å². The lowest BCUT2D eigenvalue weighted by molar-refractivity contribution is -0.149. The molecule has 0 unspecified atom stereocenters. The summed E-state index contributed by atoms with van der Waals surface area (Å²) in [7, 11) is 0. The highest BCUT2D eigenvalue weighted by Gasteiger charge is 2.35. The van der Waals surface area contributed by atoms with Gasteiger partial charge >= 0.3 is 6.18 Å². The SMILES string of the molecule is Nc1cccc(CN(C(=O)CCC(F)(F)F)C2CC2)c1. The van der Waals surface area contributed by atoms with Crippen LogP contribution >= 0.6 is 0 Å². The van der Waals surface area contributed by atoms with Gasteiger partial charge in [-0.05, 0) is 30.5 Å². The lowest BCUT2D eigenvalue weighted by Gasteiger charge is -2.23. The van der Waals surface area contributed by atoms with E-state index in [-0.39, 0.29) is 6.04 Å². The lowest BCUT2D eigenvalue weighted by atomic mass is 10.1. The molecule has 2 rings (SSSR count). The Labute approximate surface area is 115 Å². The Morgan fingerprint density at radius 3 is 2.60 bits per heavy atom. The number of nitrogens with two attached hydrogens (primary N) is 1. The van der Waals surface area contributed by atoms with E-state index in [1.165, 1.54) is 0 Å². The van der Waals surface area contributed by atoms with Crippen molar-refractivity contribution in [1.29, 1.82) is 0 Å². The Balaban J connectivity index is 1.98. The molecule has 2 N–H and O–H groups in total. The minimum Gasteiger partial charge on any atom is -0.399 e. The zero-order valence-electron chi connectivity index (χ0n) is 11.0. The summed E-state index contributed by atoms with van der Waals surface area (Å²) in [5.74, 6) is -0.438. The van der Waals surface area contributed by atoms with E-state index in [4.69, 9.17) is 5.73 Å². The zero-order valence-corrected chi connectivity index (χ0v) is 11.0. The molecule has 110 valence electrons. The fourth-order valence-electron chi connectivity index (χ4n) is 2.09. The van der Waals surface area contributed by atoms with Crippen LogP contribution in [0.5, 0.6) is 0 Å². The van der Waals surface area contributed by atoms with Gasteiger partial charge in [-0.1, -0.05) is 12.1 Å². The highest BCUT2D eigenvalue weighted by Crippen LogP contribution is 2.30. The fourth-order valence-corrected chi connectivity index (χ4v) is 2.09. The number of nitrogen functional groups attached to an aromatic ring is 1. The normalized spacial score (nSPS) is 15.2. The smallest absolute Gasteiger partial charge is 0.389 e. The van der Waals surface area contributed by atoms with Gasteiger partial charge in [0, 0.05) is 24.7 Å². The highest BCUT2D eigenvalue weighted by atomic mass is 19.4. The van der Waals surface area contributed by atoms with Crippen molar-refractivity contribution >= 4 is 11.6 Å². The molecular formula is C14H17F3N2O. The first-order valence-electron chi connectivity index (χ1n) is 6.56. The molecule has 0 saturated heterocycles. The molecule has 1 amide bonds. The monoisotopic (exact) mass is 286 g/mol. The van der Waals surface area contributed by atoms with E-state index in [1.807, 2.05) is 6.07 Å². The first-order chi connectivity index (χ1) is 9.35. The molecule has 0 radical (unpaired) electrons. The number of carbonyl (C=O) groups excluding carboxylic acids is 1. The van der Waals surface area contributed by atoms with E-state index in [0.29, 0.717) is 12.2 Å². The Morgan fingerprint density at radius 2 is 2.05 bits per heavy atom. The van der Waals surface area contributed by atoms with Crippen molar-refractivity contribution in [1.82, 2.24) is 4.90 Å². The van der Waals surface area contributed by atoms with Crippen LogP contribution in [0.4, 0.5) is 18.9 Å². The second kappa shape index (κ2) is 5.73. The largest absolute Gasteiger partial charge is 0.399 e. The summed E-state index contributed by atoms with van der Waals surface area (Å²) in [6.45, 7) is 0.326. The van der Waals surface area contributed by atoms with Crippen LogP contribution in [0.15, 0.2) is 24.3 Å². The van der Waals surface area contributed by atoms with Crippen LogP contribution < -0.4 is 5.73 Å². The van der Waals surface area contributed by atoms with E-state index in [9.17, 15) is 18.0 Å². The van der Waals surface area contributed by atoms with Gasteiger partial charge in [-0.15, -0.1) is 0 Å². The second-order valence-corrected chi connectivity index (χ2v) is 5.11. The molecule has 1 aliphatic rings. The first kappa shape index (κ1) is 14.7. The highest BCUT2D eigenvalue weighted by molar-refractivity contribution is 5.77. The predicted molar refractivity (Wildman–Crippen MR) is 69.7 cm³/mol. The molecule has 1 aromatic carbocycles. The van der Waals surface area contributed by atoms with Gasteiger partial charge in [0.05, 0.1) is 6.42 Å². The molecule has 1 aliphatic carbocycles. The lowest BCUT2D eigenvalue weighted by Crippen LogP contribution is -2.33. The Bertz CT molecular complexity index is 484. The number of hydrogen-bond donors (Lipinski definition) is 1. The van der Waals surface area contributed by atoms with E-state index in [1.54, 1.807) is 23.1 Å². The van der Waals surface area contributed by atoms with E-state index >= 15 is 0 Å². The molecule has 0 aromatic heterocycles. The number of halogens is 3. The number of nitrogens with zero attached hydrogens (tertiary/aromatic N) is 1. The van der Waals surface area contributed by atoms with Gasteiger partial charge in [-0.2, -0.15) is 13.2 Å². The summed E-state index contributed by atoms with van der Waals surface area (Å²) < 4.78 is 36.6. The number of rotatable bonds is 5. The molecule has 1 fully saturated rings. The zero-order chi connectivity index (χ0) is 14.8. The van der Waals surface area contributed by atoms with Crippen LogP contribution in [0.1, 0.15) is 31.2 Å². The summed E-state index contributed by atoms with van der Waals surface area (Å²) in [5.41, 5.74) is 7.09. The molecule has 0 bridgehead atoms. The molecule has 0 aliphatic heterocycles. The van der Waals surface area contributed by atoms with E-state index in [2.05, 4.69) is 0 Å². The van der Waals surface area contributed by atoms with Crippen LogP contribution in [0, 0.1) is 0 Å². The molecule has 20 heavy (non-hydrogen) atoms. The summed E-state index contributed by atoms with van der Waals surface area (Å²) in [4.78, 5) is 13.5. The topological polar surface area (TPSA) is 46.3 Å². The van der Waals surface area contributed by atoms with Crippen LogP contribution in [-0.4, -0.2) is 23.0 Å². The van der Waals surface area contributed by atoms with Gasteiger partial charge < -0.3 is 10.6 Å². The third-order valence-corrected chi connectivity index (χ3v) is 3.23. The van der Waals surface area contributed by atoms with Gasteiger partial charge in [-0.25, -0.2) is 0 Å².